The fraction of sp³-hybridized carbons (Fsp3) is 0.133. The lowest BCUT2D eigenvalue weighted by molar-refractivity contribution is -0.118. The monoisotopic (exact) mass is 327 g/mol. The molecule has 0 fully saturated rings. The minimum absolute atomic E-state index is 0.0170. The van der Waals surface area contributed by atoms with Crippen LogP contribution in [0.25, 0.3) is 0 Å². The van der Waals surface area contributed by atoms with Gasteiger partial charge in [0.2, 0.25) is 0 Å². The topological polar surface area (TPSA) is 38.3 Å². The van der Waals surface area contributed by atoms with Gasteiger partial charge in [0, 0.05) is 10.0 Å². The first kappa shape index (κ1) is 15.6. The van der Waals surface area contributed by atoms with Gasteiger partial charge in [-0.3, -0.25) is 4.79 Å². The average molecular weight is 328 g/mol. The maximum absolute atomic E-state index is 13.5. The third-order valence-corrected chi connectivity index (χ3v) is 3.36. The summed E-state index contributed by atoms with van der Waals surface area (Å²) in [6, 6.07) is 8.97. The van der Waals surface area contributed by atoms with Crippen molar-refractivity contribution in [3.05, 3.63) is 57.8 Å². The van der Waals surface area contributed by atoms with Crippen LogP contribution in [-0.2, 0) is 4.79 Å². The second kappa shape index (κ2) is 6.78. The summed E-state index contributed by atoms with van der Waals surface area (Å²) in [7, 11) is 0. The normalized spacial score (nSPS) is 10.3. The van der Waals surface area contributed by atoms with E-state index in [4.69, 9.17) is 27.9 Å². The van der Waals surface area contributed by atoms with E-state index < -0.39 is 11.7 Å². The van der Waals surface area contributed by atoms with Gasteiger partial charge in [0.25, 0.3) is 5.91 Å². The van der Waals surface area contributed by atoms with Gasteiger partial charge in [-0.05, 0) is 48.9 Å². The molecular formula is C15H12Cl2FNO2. The summed E-state index contributed by atoms with van der Waals surface area (Å²) in [5.74, 6) is -0.530. The van der Waals surface area contributed by atoms with Gasteiger partial charge in [0.1, 0.15) is 11.6 Å². The van der Waals surface area contributed by atoms with Gasteiger partial charge in [-0.2, -0.15) is 0 Å². The molecule has 21 heavy (non-hydrogen) atoms. The molecule has 0 unspecified atom stereocenters. The third kappa shape index (κ3) is 4.34. The molecule has 2 aromatic rings. The number of halogens is 3. The van der Waals surface area contributed by atoms with Crippen LogP contribution in [0.1, 0.15) is 5.56 Å². The van der Waals surface area contributed by atoms with Crippen LogP contribution in [0.2, 0.25) is 10.0 Å². The Balaban J connectivity index is 1.95. The van der Waals surface area contributed by atoms with Crippen LogP contribution < -0.4 is 10.1 Å². The van der Waals surface area contributed by atoms with Crippen LogP contribution in [0.5, 0.6) is 5.75 Å². The lowest BCUT2D eigenvalue weighted by Gasteiger charge is -2.09. The molecule has 110 valence electrons. The standard InChI is InChI=1S/C15H12Cl2FNO2/c1-9-6-11(3-4-12(9)17)21-8-15(20)19-14-7-10(16)2-5-13(14)18/h2-7H,8H2,1H3,(H,19,20). The molecule has 0 radical (unpaired) electrons. The fourth-order valence-electron chi connectivity index (χ4n) is 1.64. The van der Waals surface area contributed by atoms with Crippen LogP contribution in [0.15, 0.2) is 36.4 Å². The first-order valence-corrected chi connectivity index (χ1v) is 6.85. The maximum atomic E-state index is 13.5. The van der Waals surface area contributed by atoms with E-state index in [2.05, 4.69) is 5.32 Å². The Morgan fingerprint density at radius 3 is 2.71 bits per heavy atom. The molecule has 0 bridgehead atoms. The molecule has 0 aliphatic carbocycles. The lowest BCUT2D eigenvalue weighted by atomic mass is 10.2. The van der Waals surface area contributed by atoms with Crippen molar-refractivity contribution in [2.24, 2.45) is 0 Å². The van der Waals surface area contributed by atoms with Crippen molar-refractivity contribution in [3.63, 3.8) is 0 Å². The summed E-state index contributed by atoms with van der Waals surface area (Å²) < 4.78 is 18.8. The number of anilines is 1. The molecule has 0 aliphatic rings. The van der Waals surface area contributed by atoms with E-state index in [1.807, 2.05) is 6.92 Å². The predicted octanol–water partition coefficient (Wildman–Crippen LogP) is 4.46. The molecule has 1 amide bonds. The molecule has 0 aliphatic heterocycles. The zero-order valence-corrected chi connectivity index (χ0v) is 12.6. The van der Waals surface area contributed by atoms with Crippen molar-refractivity contribution in [3.8, 4) is 5.75 Å². The zero-order chi connectivity index (χ0) is 15.4. The number of ether oxygens (including phenoxy) is 1. The molecule has 0 spiro atoms. The molecule has 2 aromatic carbocycles. The van der Waals surface area contributed by atoms with E-state index in [0.29, 0.717) is 15.8 Å². The first-order chi connectivity index (χ1) is 9.95. The van der Waals surface area contributed by atoms with Gasteiger partial charge >= 0.3 is 0 Å². The highest BCUT2D eigenvalue weighted by atomic mass is 35.5. The van der Waals surface area contributed by atoms with Crippen LogP contribution in [0.3, 0.4) is 0 Å². The van der Waals surface area contributed by atoms with Gasteiger partial charge in [0.15, 0.2) is 6.61 Å². The largest absolute Gasteiger partial charge is 0.484 e. The van der Waals surface area contributed by atoms with Crippen LogP contribution in [0, 0.1) is 12.7 Å². The van der Waals surface area contributed by atoms with Gasteiger partial charge in [0.05, 0.1) is 5.69 Å². The minimum atomic E-state index is -0.560. The van der Waals surface area contributed by atoms with E-state index >= 15 is 0 Å². The second-order valence-electron chi connectivity index (χ2n) is 4.37. The number of carbonyl (C=O) groups excluding carboxylic acids is 1. The number of rotatable bonds is 4. The zero-order valence-electron chi connectivity index (χ0n) is 11.1. The van der Waals surface area contributed by atoms with Crippen LogP contribution in [0.4, 0.5) is 10.1 Å². The maximum Gasteiger partial charge on any atom is 0.262 e. The number of benzene rings is 2. The van der Waals surface area contributed by atoms with E-state index in [0.717, 1.165) is 5.56 Å². The van der Waals surface area contributed by atoms with Crippen molar-refractivity contribution in [1.29, 1.82) is 0 Å². The number of hydrogen-bond acceptors (Lipinski definition) is 2. The molecule has 3 nitrogen and oxygen atoms in total. The van der Waals surface area contributed by atoms with Crippen LogP contribution >= 0.6 is 23.2 Å². The molecule has 6 heteroatoms. The summed E-state index contributed by atoms with van der Waals surface area (Å²) in [4.78, 5) is 11.7. The molecule has 2 rings (SSSR count). The second-order valence-corrected chi connectivity index (χ2v) is 5.22. The average Bonchev–Trinajstić information content (AvgIpc) is 2.44. The number of amides is 1. The predicted molar refractivity (Wildman–Crippen MR) is 81.7 cm³/mol. The van der Waals surface area contributed by atoms with Crippen molar-refractivity contribution in [2.75, 3.05) is 11.9 Å². The molecule has 0 saturated heterocycles. The quantitative estimate of drug-likeness (QED) is 0.900. The van der Waals surface area contributed by atoms with Gasteiger partial charge in [-0.1, -0.05) is 23.2 Å². The third-order valence-electron chi connectivity index (χ3n) is 2.70. The van der Waals surface area contributed by atoms with E-state index in [1.54, 1.807) is 18.2 Å². The smallest absolute Gasteiger partial charge is 0.262 e. The Morgan fingerprint density at radius 2 is 2.00 bits per heavy atom. The van der Waals surface area contributed by atoms with E-state index in [9.17, 15) is 9.18 Å². The van der Waals surface area contributed by atoms with Crippen molar-refractivity contribution in [2.45, 2.75) is 6.92 Å². The highest BCUT2D eigenvalue weighted by molar-refractivity contribution is 6.31. The molecule has 1 N–H and O–H groups in total. The molecule has 0 atom stereocenters. The van der Waals surface area contributed by atoms with E-state index in [1.165, 1.54) is 18.2 Å². The summed E-state index contributed by atoms with van der Waals surface area (Å²) in [5.41, 5.74) is 0.860. The van der Waals surface area contributed by atoms with E-state index in [-0.39, 0.29) is 12.3 Å². The Bertz CT molecular complexity index is 677. The minimum Gasteiger partial charge on any atom is -0.484 e. The van der Waals surface area contributed by atoms with Gasteiger partial charge in [-0.15, -0.1) is 0 Å². The Labute approximate surface area is 131 Å². The number of carbonyl (C=O) groups is 1. The number of hydrogen-bond donors (Lipinski definition) is 1. The van der Waals surface area contributed by atoms with Crippen molar-refractivity contribution >= 4 is 34.8 Å². The number of aryl methyl sites for hydroxylation is 1. The number of nitrogens with one attached hydrogen (secondary N) is 1. The Hall–Kier alpha value is -1.78. The highest BCUT2D eigenvalue weighted by Gasteiger charge is 2.09. The molecular weight excluding hydrogens is 316 g/mol. The Morgan fingerprint density at radius 1 is 1.24 bits per heavy atom. The molecule has 0 heterocycles. The summed E-state index contributed by atoms with van der Waals surface area (Å²) in [6.07, 6.45) is 0. The highest BCUT2D eigenvalue weighted by Crippen LogP contribution is 2.22. The first-order valence-electron chi connectivity index (χ1n) is 6.09. The molecule has 0 aromatic heterocycles. The Kier molecular flexibility index (Phi) is 5.04. The summed E-state index contributed by atoms with van der Waals surface area (Å²) in [6.45, 7) is 1.59. The lowest BCUT2D eigenvalue weighted by Crippen LogP contribution is -2.20. The molecule has 0 saturated carbocycles. The van der Waals surface area contributed by atoms with Gasteiger partial charge < -0.3 is 10.1 Å². The van der Waals surface area contributed by atoms with Gasteiger partial charge in [-0.25, -0.2) is 4.39 Å². The fourth-order valence-corrected chi connectivity index (χ4v) is 1.93. The SMILES string of the molecule is Cc1cc(OCC(=O)Nc2cc(Cl)ccc2F)ccc1Cl. The van der Waals surface area contributed by atoms with Crippen LogP contribution in [-0.4, -0.2) is 12.5 Å². The van der Waals surface area contributed by atoms with Crippen molar-refractivity contribution in [1.82, 2.24) is 0 Å². The van der Waals surface area contributed by atoms with Crippen molar-refractivity contribution < 1.29 is 13.9 Å². The summed E-state index contributed by atoms with van der Waals surface area (Å²) >= 11 is 11.6. The summed E-state index contributed by atoms with van der Waals surface area (Å²) in [5, 5.41) is 3.35.